The first-order valence-electron chi connectivity index (χ1n) is 5.21. The van der Waals surface area contributed by atoms with Crippen LogP contribution in [-0.2, 0) is 0 Å². The Hall–Kier alpha value is -0.740. The topological polar surface area (TPSA) is 38.0 Å². The summed E-state index contributed by atoms with van der Waals surface area (Å²) in [5.74, 6) is 0. The maximum absolute atomic E-state index is 5.62. The average molecular weight is 254 g/mol. The summed E-state index contributed by atoms with van der Waals surface area (Å²) in [6.45, 7) is 5.19. The van der Waals surface area contributed by atoms with Crippen molar-refractivity contribution in [1.29, 1.82) is 0 Å². The molecule has 0 amide bonds. The molecule has 0 aliphatic heterocycles. The highest BCUT2D eigenvalue weighted by Gasteiger charge is 2.03. The van der Waals surface area contributed by atoms with Gasteiger partial charge in [-0.05, 0) is 36.9 Å². The third-order valence-electron chi connectivity index (χ3n) is 2.49. The number of nitrogens with one attached hydrogen (secondary N) is 1. The third-order valence-corrected chi connectivity index (χ3v) is 3.68. The van der Waals surface area contributed by atoms with Crippen LogP contribution in [0.5, 0.6) is 0 Å². The van der Waals surface area contributed by atoms with Gasteiger partial charge < -0.3 is 11.1 Å². The van der Waals surface area contributed by atoms with Crippen LogP contribution < -0.4 is 11.1 Å². The lowest BCUT2D eigenvalue weighted by Crippen LogP contribution is -2.14. The second-order valence-corrected chi connectivity index (χ2v) is 5.54. The van der Waals surface area contributed by atoms with E-state index in [1.807, 2.05) is 30.8 Å². The number of nitrogens with two attached hydrogens (primary N) is 1. The summed E-state index contributed by atoms with van der Waals surface area (Å²) in [4.78, 5) is 0.460. The zero-order valence-corrected chi connectivity index (χ0v) is 11.5. The van der Waals surface area contributed by atoms with E-state index in [0.29, 0.717) is 10.2 Å². The van der Waals surface area contributed by atoms with Gasteiger partial charge in [0.1, 0.15) is 4.99 Å². The second-order valence-electron chi connectivity index (χ2n) is 3.82. The standard InChI is InChI=1S/C12H18N2S2/c1-8-6-10(14-7-9(2)16-3)4-5-11(8)12(13)15/h4-6,9,14H,7H2,1-3H3,(H2,13,15). The highest BCUT2D eigenvalue weighted by molar-refractivity contribution is 7.99. The summed E-state index contributed by atoms with van der Waals surface area (Å²) in [6.07, 6.45) is 2.12. The summed E-state index contributed by atoms with van der Waals surface area (Å²) in [7, 11) is 0. The summed E-state index contributed by atoms with van der Waals surface area (Å²) in [6, 6.07) is 6.08. The number of rotatable bonds is 5. The predicted molar refractivity (Wildman–Crippen MR) is 78.5 cm³/mol. The molecule has 88 valence electrons. The normalized spacial score (nSPS) is 12.2. The fourth-order valence-corrected chi connectivity index (χ4v) is 1.87. The molecule has 0 radical (unpaired) electrons. The number of anilines is 1. The van der Waals surface area contributed by atoms with Crippen molar-refractivity contribution in [3.05, 3.63) is 29.3 Å². The van der Waals surface area contributed by atoms with Gasteiger partial charge in [0.2, 0.25) is 0 Å². The Kier molecular flexibility index (Phi) is 5.09. The molecule has 1 unspecified atom stereocenters. The molecule has 0 aromatic heterocycles. The van der Waals surface area contributed by atoms with E-state index in [4.69, 9.17) is 18.0 Å². The van der Waals surface area contributed by atoms with E-state index >= 15 is 0 Å². The van der Waals surface area contributed by atoms with Gasteiger partial charge in [-0.25, -0.2) is 0 Å². The molecule has 0 aliphatic rings. The Bertz CT molecular complexity index is 377. The number of aryl methyl sites for hydroxylation is 1. The van der Waals surface area contributed by atoms with Gasteiger partial charge in [0.25, 0.3) is 0 Å². The van der Waals surface area contributed by atoms with Crippen molar-refractivity contribution in [2.24, 2.45) is 5.73 Å². The molecular formula is C12H18N2S2. The van der Waals surface area contributed by atoms with Gasteiger partial charge in [0.15, 0.2) is 0 Å². The van der Waals surface area contributed by atoms with Crippen LogP contribution in [0, 0.1) is 6.92 Å². The summed E-state index contributed by atoms with van der Waals surface area (Å²) >= 11 is 6.82. The van der Waals surface area contributed by atoms with Gasteiger partial charge in [0.05, 0.1) is 0 Å². The highest BCUT2D eigenvalue weighted by Crippen LogP contribution is 2.16. The fourth-order valence-electron chi connectivity index (χ4n) is 1.40. The van der Waals surface area contributed by atoms with Crippen molar-refractivity contribution in [3.63, 3.8) is 0 Å². The van der Waals surface area contributed by atoms with E-state index in [1.54, 1.807) is 0 Å². The highest BCUT2D eigenvalue weighted by atomic mass is 32.2. The first-order chi connectivity index (χ1) is 7.54. The van der Waals surface area contributed by atoms with Gasteiger partial charge in [-0.15, -0.1) is 0 Å². The van der Waals surface area contributed by atoms with Crippen molar-refractivity contribution < 1.29 is 0 Å². The molecule has 0 fully saturated rings. The van der Waals surface area contributed by atoms with Crippen LogP contribution in [0.2, 0.25) is 0 Å². The molecule has 0 aliphatic carbocycles. The molecule has 0 saturated carbocycles. The molecule has 1 aromatic rings. The molecule has 0 saturated heterocycles. The van der Waals surface area contributed by atoms with Crippen LogP contribution in [0.4, 0.5) is 5.69 Å². The van der Waals surface area contributed by atoms with Gasteiger partial charge >= 0.3 is 0 Å². The lowest BCUT2D eigenvalue weighted by Gasteiger charge is -2.12. The first-order valence-corrected chi connectivity index (χ1v) is 6.91. The number of hydrogen-bond donors (Lipinski definition) is 2. The van der Waals surface area contributed by atoms with Crippen LogP contribution in [0.3, 0.4) is 0 Å². The molecule has 4 heteroatoms. The van der Waals surface area contributed by atoms with Gasteiger partial charge in [-0.1, -0.05) is 19.1 Å². The first kappa shape index (κ1) is 13.3. The number of benzene rings is 1. The number of thioether (sulfide) groups is 1. The molecule has 2 nitrogen and oxygen atoms in total. The van der Waals surface area contributed by atoms with Gasteiger partial charge in [0, 0.05) is 23.0 Å². The van der Waals surface area contributed by atoms with Gasteiger partial charge in [-0.3, -0.25) is 0 Å². The summed E-state index contributed by atoms with van der Waals surface area (Å²) in [5.41, 5.74) is 8.82. The second kappa shape index (κ2) is 6.11. The Morgan fingerprint density at radius 2 is 2.25 bits per heavy atom. The fraction of sp³-hybridized carbons (Fsp3) is 0.417. The zero-order valence-electron chi connectivity index (χ0n) is 9.91. The smallest absolute Gasteiger partial charge is 0.104 e. The quantitative estimate of drug-likeness (QED) is 0.793. The van der Waals surface area contributed by atoms with Crippen LogP contribution in [0.25, 0.3) is 0 Å². The van der Waals surface area contributed by atoms with Crippen LogP contribution in [-0.4, -0.2) is 23.0 Å². The minimum Gasteiger partial charge on any atom is -0.389 e. The number of hydrogen-bond acceptors (Lipinski definition) is 3. The minimum atomic E-state index is 0.460. The van der Waals surface area contributed by atoms with Crippen LogP contribution >= 0.6 is 24.0 Å². The van der Waals surface area contributed by atoms with E-state index in [9.17, 15) is 0 Å². The van der Waals surface area contributed by atoms with Crippen molar-refractivity contribution in [2.75, 3.05) is 18.1 Å². The molecule has 16 heavy (non-hydrogen) atoms. The van der Waals surface area contributed by atoms with Crippen LogP contribution in [0.1, 0.15) is 18.1 Å². The van der Waals surface area contributed by atoms with Crippen molar-refractivity contribution >= 4 is 34.7 Å². The molecule has 3 N–H and O–H groups in total. The average Bonchev–Trinajstić information content (AvgIpc) is 2.25. The lowest BCUT2D eigenvalue weighted by molar-refractivity contribution is 1.00. The SMILES string of the molecule is CSC(C)CNc1ccc(C(N)=S)c(C)c1. The molecule has 1 atom stereocenters. The Morgan fingerprint density at radius 1 is 1.56 bits per heavy atom. The number of thiocarbonyl (C=S) groups is 1. The third kappa shape index (κ3) is 3.68. The Morgan fingerprint density at radius 3 is 2.75 bits per heavy atom. The monoisotopic (exact) mass is 254 g/mol. The minimum absolute atomic E-state index is 0.460. The van der Waals surface area contributed by atoms with E-state index in [2.05, 4.69) is 24.6 Å². The molecule has 0 bridgehead atoms. The largest absolute Gasteiger partial charge is 0.389 e. The molecular weight excluding hydrogens is 236 g/mol. The summed E-state index contributed by atoms with van der Waals surface area (Å²) in [5, 5.41) is 4.00. The Balaban J connectivity index is 2.70. The van der Waals surface area contributed by atoms with E-state index < -0.39 is 0 Å². The van der Waals surface area contributed by atoms with Gasteiger partial charge in [-0.2, -0.15) is 11.8 Å². The molecule has 1 rings (SSSR count). The maximum atomic E-state index is 5.62. The van der Waals surface area contributed by atoms with E-state index in [-0.39, 0.29) is 0 Å². The zero-order chi connectivity index (χ0) is 12.1. The molecule has 0 spiro atoms. The van der Waals surface area contributed by atoms with E-state index in [1.165, 1.54) is 0 Å². The lowest BCUT2D eigenvalue weighted by atomic mass is 10.1. The van der Waals surface area contributed by atoms with E-state index in [0.717, 1.165) is 23.4 Å². The summed E-state index contributed by atoms with van der Waals surface area (Å²) < 4.78 is 0. The Labute approximate surface area is 107 Å². The van der Waals surface area contributed by atoms with Crippen molar-refractivity contribution in [1.82, 2.24) is 0 Å². The van der Waals surface area contributed by atoms with Crippen molar-refractivity contribution in [3.8, 4) is 0 Å². The predicted octanol–water partition coefficient (Wildman–Crippen LogP) is 2.79. The maximum Gasteiger partial charge on any atom is 0.104 e. The molecule has 1 aromatic carbocycles. The molecule has 0 heterocycles. The van der Waals surface area contributed by atoms with Crippen molar-refractivity contribution in [2.45, 2.75) is 19.1 Å². The van der Waals surface area contributed by atoms with Crippen LogP contribution in [0.15, 0.2) is 18.2 Å².